The van der Waals surface area contributed by atoms with E-state index in [4.69, 9.17) is 5.73 Å². The molecule has 0 aliphatic rings. The third-order valence-electron chi connectivity index (χ3n) is 2.27. The minimum atomic E-state index is -0.342. The molecular formula is C11H11FN2. The molecule has 0 atom stereocenters. The first kappa shape index (κ1) is 8.81. The van der Waals surface area contributed by atoms with Crippen molar-refractivity contribution in [3.8, 4) is 0 Å². The van der Waals surface area contributed by atoms with Gasteiger partial charge in [0.2, 0.25) is 0 Å². The van der Waals surface area contributed by atoms with Crippen LogP contribution in [0.3, 0.4) is 0 Å². The maximum atomic E-state index is 13.5. The number of hydrogen-bond donors (Lipinski definition) is 2. The van der Waals surface area contributed by atoms with Crippen LogP contribution < -0.4 is 11.1 Å². The van der Waals surface area contributed by atoms with Crippen LogP contribution in [0.4, 0.5) is 15.8 Å². The molecule has 0 aliphatic carbocycles. The van der Waals surface area contributed by atoms with Crippen LogP contribution in [-0.4, -0.2) is 7.05 Å². The van der Waals surface area contributed by atoms with Crippen LogP contribution in [-0.2, 0) is 0 Å². The molecule has 0 saturated heterocycles. The Bertz CT molecular complexity index is 480. The summed E-state index contributed by atoms with van der Waals surface area (Å²) in [4.78, 5) is 0. The van der Waals surface area contributed by atoms with E-state index in [0.717, 1.165) is 11.1 Å². The highest BCUT2D eigenvalue weighted by atomic mass is 19.1. The van der Waals surface area contributed by atoms with Gasteiger partial charge in [-0.25, -0.2) is 4.39 Å². The monoisotopic (exact) mass is 190 g/mol. The highest BCUT2D eigenvalue weighted by molar-refractivity contribution is 5.88. The number of nitrogens with two attached hydrogens (primary N) is 1. The van der Waals surface area contributed by atoms with Crippen molar-refractivity contribution >= 4 is 22.1 Å². The topological polar surface area (TPSA) is 38.0 Å². The summed E-state index contributed by atoms with van der Waals surface area (Å²) in [5.74, 6) is -0.342. The average Bonchev–Trinajstić information content (AvgIpc) is 2.23. The van der Waals surface area contributed by atoms with Gasteiger partial charge < -0.3 is 11.1 Å². The van der Waals surface area contributed by atoms with Crippen LogP contribution in [0, 0.1) is 5.82 Å². The first-order valence-electron chi connectivity index (χ1n) is 4.38. The third kappa shape index (κ3) is 1.27. The van der Waals surface area contributed by atoms with E-state index in [2.05, 4.69) is 5.32 Å². The minimum Gasteiger partial charge on any atom is -0.396 e. The predicted octanol–water partition coefficient (Wildman–Crippen LogP) is 2.60. The zero-order chi connectivity index (χ0) is 10.1. The molecule has 72 valence electrons. The van der Waals surface area contributed by atoms with E-state index in [9.17, 15) is 4.39 Å². The second kappa shape index (κ2) is 3.18. The maximum absolute atomic E-state index is 13.5. The molecule has 0 unspecified atom stereocenters. The molecular weight excluding hydrogens is 179 g/mol. The predicted molar refractivity (Wildman–Crippen MR) is 57.9 cm³/mol. The van der Waals surface area contributed by atoms with Gasteiger partial charge in [-0.3, -0.25) is 0 Å². The molecule has 0 amide bonds. The van der Waals surface area contributed by atoms with Crippen molar-refractivity contribution in [2.75, 3.05) is 18.1 Å². The number of nitrogen functional groups attached to an aromatic ring is 1. The summed E-state index contributed by atoms with van der Waals surface area (Å²) < 4.78 is 13.5. The molecule has 0 radical (unpaired) electrons. The Morgan fingerprint density at radius 2 is 2.00 bits per heavy atom. The van der Waals surface area contributed by atoms with Crippen LogP contribution in [0.15, 0.2) is 30.3 Å². The van der Waals surface area contributed by atoms with Gasteiger partial charge in [0.15, 0.2) is 5.82 Å². The highest BCUT2D eigenvalue weighted by Gasteiger charge is 2.04. The quantitative estimate of drug-likeness (QED) is 0.678. The van der Waals surface area contributed by atoms with Gasteiger partial charge in [-0.05, 0) is 29.7 Å². The molecule has 0 fully saturated rings. The van der Waals surface area contributed by atoms with E-state index in [0.29, 0.717) is 5.39 Å². The van der Waals surface area contributed by atoms with Crippen molar-refractivity contribution in [1.29, 1.82) is 0 Å². The number of anilines is 2. The number of rotatable bonds is 1. The van der Waals surface area contributed by atoms with Crippen LogP contribution in [0.5, 0.6) is 0 Å². The fraction of sp³-hybridized carbons (Fsp3) is 0.0909. The Morgan fingerprint density at radius 1 is 1.21 bits per heavy atom. The zero-order valence-corrected chi connectivity index (χ0v) is 7.84. The fourth-order valence-corrected chi connectivity index (χ4v) is 1.46. The number of fused-ring (bicyclic) bond motifs is 1. The number of halogens is 1. The van der Waals surface area contributed by atoms with Crippen LogP contribution in [0.25, 0.3) is 10.8 Å². The molecule has 3 N–H and O–H groups in total. The molecule has 2 rings (SSSR count). The molecule has 2 aromatic carbocycles. The number of nitrogens with one attached hydrogen (secondary N) is 1. The van der Waals surface area contributed by atoms with E-state index >= 15 is 0 Å². The van der Waals surface area contributed by atoms with Gasteiger partial charge in [0.25, 0.3) is 0 Å². The largest absolute Gasteiger partial charge is 0.396 e. The van der Waals surface area contributed by atoms with Gasteiger partial charge in [0.1, 0.15) is 0 Å². The van der Waals surface area contributed by atoms with E-state index in [1.54, 1.807) is 12.1 Å². The third-order valence-corrected chi connectivity index (χ3v) is 2.27. The smallest absolute Gasteiger partial charge is 0.153 e. The van der Waals surface area contributed by atoms with E-state index in [-0.39, 0.29) is 11.5 Å². The summed E-state index contributed by atoms with van der Waals surface area (Å²) in [6, 6.07) is 8.83. The summed E-state index contributed by atoms with van der Waals surface area (Å²) in [5, 5.41) is 4.41. The Hall–Kier alpha value is -1.77. The average molecular weight is 190 g/mol. The second-order valence-corrected chi connectivity index (χ2v) is 3.15. The van der Waals surface area contributed by atoms with Gasteiger partial charge in [0, 0.05) is 18.1 Å². The molecule has 0 aliphatic heterocycles. The Labute approximate surface area is 81.5 Å². The highest BCUT2D eigenvalue weighted by Crippen LogP contribution is 2.24. The summed E-state index contributed by atoms with van der Waals surface area (Å²) in [7, 11) is 1.83. The Balaban J connectivity index is 2.74. The Morgan fingerprint density at radius 3 is 2.71 bits per heavy atom. The van der Waals surface area contributed by atoms with Gasteiger partial charge in [-0.15, -0.1) is 0 Å². The summed E-state index contributed by atoms with van der Waals surface area (Å²) in [6.45, 7) is 0. The maximum Gasteiger partial charge on any atom is 0.153 e. The summed E-state index contributed by atoms with van der Waals surface area (Å²) >= 11 is 0. The molecule has 14 heavy (non-hydrogen) atoms. The molecule has 3 heteroatoms. The summed E-state index contributed by atoms with van der Waals surface area (Å²) in [5.41, 5.74) is 6.62. The van der Waals surface area contributed by atoms with Crippen molar-refractivity contribution in [3.63, 3.8) is 0 Å². The second-order valence-electron chi connectivity index (χ2n) is 3.15. The lowest BCUT2D eigenvalue weighted by molar-refractivity contribution is 0.644. The molecule has 0 bridgehead atoms. The molecule has 0 heterocycles. The molecule has 2 aromatic rings. The Kier molecular flexibility index (Phi) is 2.00. The van der Waals surface area contributed by atoms with Crippen molar-refractivity contribution in [1.82, 2.24) is 0 Å². The van der Waals surface area contributed by atoms with Crippen LogP contribution in [0.1, 0.15) is 0 Å². The van der Waals surface area contributed by atoms with E-state index in [1.165, 1.54) is 0 Å². The van der Waals surface area contributed by atoms with Crippen molar-refractivity contribution in [2.45, 2.75) is 0 Å². The van der Waals surface area contributed by atoms with Crippen molar-refractivity contribution in [2.24, 2.45) is 0 Å². The van der Waals surface area contributed by atoms with Gasteiger partial charge >= 0.3 is 0 Å². The van der Waals surface area contributed by atoms with Crippen LogP contribution >= 0.6 is 0 Å². The van der Waals surface area contributed by atoms with Crippen LogP contribution in [0.2, 0.25) is 0 Å². The summed E-state index contributed by atoms with van der Waals surface area (Å²) in [6.07, 6.45) is 0. The van der Waals surface area contributed by atoms with E-state index in [1.807, 2.05) is 25.2 Å². The number of hydrogen-bond acceptors (Lipinski definition) is 2. The van der Waals surface area contributed by atoms with Crippen molar-refractivity contribution in [3.05, 3.63) is 36.1 Å². The SMILES string of the molecule is CNc1ccc2c(F)c(N)ccc2c1. The standard InChI is InChI=1S/C11H11FN2/c1-14-8-3-4-9-7(6-8)2-5-10(13)11(9)12/h2-6,14H,13H2,1H3. The molecule has 0 saturated carbocycles. The molecule has 0 spiro atoms. The molecule has 2 nitrogen and oxygen atoms in total. The van der Waals surface area contributed by atoms with Gasteiger partial charge in [-0.1, -0.05) is 6.07 Å². The lowest BCUT2D eigenvalue weighted by Crippen LogP contribution is -1.92. The lowest BCUT2D eigenvalue weighted by Gasteiger charge is -2.05. The lowest BCUT2D eigenvalue weighted by atomic mass is 10.1. The van der Waals surface area contributed by atoms with Crippen molar-refractivity contribution < 1.29 is 4.39 Å². The normalized spacial score (nSPS) is 10.4. The van der Waals surface area contributed by atoms with Gasteiger partial charge in [0.05, 0.1) is 5.69 Å². The fourth-order valence-electron chi connectivity index (χ4n) is 1.46. The molecule has 0 aromatic heterocycles. The van der Waals surface area contributed by atoms with E-state index < -0.39 is 0 Å². The minimum absolute atomic E-state index is 0.190. The first-order chi connectivity index (χ1) is 6.72. The number of benzene rings is 2. The zero-order valence-electron chi connectivity index (χ0n) is 7.84. The van der Waals surface area contributed by atoms with Gasteiger partial charge in [-0.2, -0.15) is 0 Å². The first-order valence-corrected chi connectivity index (χ1v) is 4.38.